The topological polar surface area (TPSA) is 107 Å². The SMILES string of the molecule is CCN(CCCS(=O)(=O)O)c1cc(N=O)ccc1O. The van der Waals surface area contributed by atoms with E-state index in [1.807, 2.05) is 6.92 Å². The number of rotatable bonds is 7. The van der Waals surface area contributed by atoms with Crippen LogP contribution in [0.1, 0.15) is 13.3 Å². The zero-order chi connectivity index (χ0) is 14.5. The van der Waals surface area contributed by atoms with Gasteiger partial charge in [-0.3, -0.25) is 4.55 Å². The van der Waals surface area contributed by atoms with Crippen molar-refractivity contribution in [2.45, 2.75) is 13.3 Å². The fraction of sp³-hybridized carbons (Fsp3) is 0.455. The molecule has 0 saturated carbocycles. The molecule has 0 aliphatic rings. The van der Waals surface area contributed by atoms with Gasteiger partial charge >= 0.3 is 0 Å². The monoisotopic (exact) mass is 288 g/mol. The summed E-state index contributed by atoms with van der Waals surface area (Å²) in [6.07, 6.45) is 0.213. The normalized spacial score (nSPS) is 11.3. The van der Waals surface area contributed by atoms with E-state index in [9.17, 15) is 18.4 Å². The van der Waals surface area contributed by atoms with Crippen LogP contribution in [0.4, 0.5) is 11.4 Å². The number of nitroso groups, excluding NO2 is 1. The van der Waals surface area contributed by atoms with E-state index in [4.69, 9.17) is 4.55 Å². The first-order chi connectivity index (χ1) is 8.87. The smallest absolute Gasteiger partial charge is 0.264 e. The van der Waals surface area contributed by atoms with Gasteiger partial charge in [0.1, 0.15) is 11.4 Å². The molecular weight excluding hydrogens is 272 g/mol. The second-order valence-electron chi connectivity index (χ2n) is 3.98. The number of nitrogens with zero attached hydrogens (tertiary/aromatic N) is 2. The average Bonchev–Trinajstić information content (AvgIpc) is 2.34. The lowest BCUT2D eigenvalue weighted by molar-refractivity contribution is 0.473. The summed E-state index contributed by atoms with van der Waals surface area (Å²) in [6.45, 7) is 2.67. The molecule has 2 N–H and O–H groups in total. The number of phenols is 1. The molecule has 1 aromatic carbocycles. The Bertz CT molecular complexity index is 544. The Balaban J connectivity index is 2.82. The second kappa shape index (κ2) is 6.48. The molecule has 0 unspecified atom stereocenters. The van der Waals surface area contributed by atoms with Crippen LogP contribution >= 0.6 is 0 Å². The highest BCUT2D eigenvalue weighted by Crippen LogP contribution is 2.31. The molecule has 0 aliphatic heterocycles. The van der Waals surface area contributed by atoms with Crippen LogP contribution in [0.25, 0.3) is 0 Å². The molecule has 0 radical (unpaired) electrons. The predicted octanol–water partition coefficient (Wildman–Crippen LogP) is 1.89. The summed E-state index contributed by atoms with van der Waals surface area (Å²) in [5.74, 6) is -0.364. The Hall–Kier alpha value is -1.67. The molecule has 8 heteroatoms. The fourth-order valence-corrected chi connectivity index (χ4v) is 2.20. The number of aromatic hydroxyl groups is 1. The quantitative estimate of drug-likeness (QED) is 0.586. The maximum atomic E-state index is 10.6. The van der Waals surface area contributed by atoms with Crippen molar-refractivity contribution in [1.29, 1.82) is 0 Å². The molecule has 106 valence electrons. The first-order valence-electron chi connectivity index (χ1n) is 5.74. The van der Waals surface area contributed by atoms with Crippen LogP contribution < -0.4 is 4.90 Å². The third-order valence-electron chi connectivity index (χ3n) is 2.62. The second-order valence-corrected chi connectivity index (χ2v) is 5.56. The molecular formula is C11H16N2O5S. The van der Waals surface area contributed by atoms with Gasteiger partial charge in [0.15, 0.2) is 0 Å². The number of phenolic OH excluding ortho intramolecular Hbond substituents is 1. The molecule has 0 fully saturated rings. The van der Waals surface area contributed by atoms with Crippen LogP contribution in [-0.2, 0) is 10.1 Å². The first-order valence-corrected chi connectivity index (χ1v) is 7.34. The number of benzene rings is 1. The van der Waals surface area contributed by atoms with Gasteiger partial charge in [-0.05, 0) is 36.7 Å². The lowest BCUT2D eigenvalue weighted by Crippen LogP contribution is -2.25. The Morgan fingerprint density at radius 2 is 2.05 bits per heavy atom. The zero-order valence-corrected chi connectivity index (χ0v) is 11.3. The maximum Gasteiger partial charge on any atom is 0.264 e. The molecule has 0 saturated heterocycles. The van der Waals surface area contributed by atoms with Crippen LogP contribution in [0.2, 0.25) is 0 Å². The van der Waals surface area contributed by atoms with Gasteiger partial charge in [0, 0.05) is 13.1 Å². The van der Waals surface area contributed by atoms with Gasteiger partial charge < -0.3 is 10.0 Å². The first kappa shape index (κ1) is 15.4. The highest BCUT2D eigenvalue weighted by molar-refractivity contribution is 7.85. The van der Waals surface area contributed by atoms with Crippen molar-refractivity contribution in [1.82, 2.24) is 0 Å². The van der Waals surface area contributed by atoms with E-state index in [2.05, 4.69) is 5.18 Å². The third kappa shape index (κ3) is 4.84. The van der Waals surface area contributed by atoms with Crippen LogP contribution in [0.5, 0.6) is 5.75 Å². The minimum Gasteiger partial charge on any atom is -0.506 e. The van der Waals surface area contributed by atoms with Gasteiger partial charge in [-0.2, -0.15) is 8.42 Å². The van der Waals surface area contributed by atoms with Gasteiger partial charge in [-0.15, -0.1) is 4.91 Å². The van der Waals surface area contributed by atoms with Crippen molar-refractivity contribution >= 4 is 21.5 Å². The summed E-state index contributed by atoms with van der Waals surface area (Å²) in [6, 6.07) is 4.18. The maximum absolute atomic E-state index is 10.6. The number of anilines is 1. The summed E-state index contributed by atoms with van der Waals surface area (Å²) in [7, 11) is -3.99. The molecule has 0 spiro atoms. The van der Waals surface area contributed by atoms with Crippen LogP contribution in [-0.4, -0.2) is 36.9 Å². The standard InChI is InChI=1S/C11H16N2O5S/c1-2-13(6-3-7-19(16,17)18)10-8-9(12-15)4-5-11(10)14/h4-5,8,14H,2-3,6-7H2,1H3,(H,16,17,18). The number of hydrogen-bond donors (Lipinski definition) is 2. The molecule has 0 aliphatic carbocycles. The lowest BCUT2D eigenvalue weighted by atomic mass is 10.2. The van der Waals surface area contributed by atoms with E-state index in [1.54, 1.807) is 4.90 Å². The van der Waals surface area contributed by atoms with E-state index >= 15 is 0 Å². The van der Waals surface area contributed by atoms with E-state index < -0.39 is 10.1 Å². The van der Waals surface area contributed by atoms with E-state index in [-0.39, 0.29) is 23.6 Å². The van der Waals surface area contributed by atoms with Crippen molar-refractivity contribution in [3.05, 3.63) is 23.1 Å². The summed E-state index contributed by atoms with van der Waals surface area (Å²) >= 11 is 0. The van der Waals surface area contributed by atoms with Crippen molar-refractivity contribution in [3.63, 3.8) is 0 Å². The van der Waals surface area contributed by atoms with Crippen LogP contribution in [0, 0.1) is 4.91 Å². The van der Waals surface area contributed by atoms with Crippen molar-refractivity contribution in [2.24, 2.45) is 5.18 Å². The Morgan fingerprint density at radius 1 is 1.37 bits per heavy atom. The van der Waals surface area contributed by atoms with E-state index in [0.717, 1.165) is 0 Å². The Kier molecular flexibility index (Phi) is 5.25. The molecule has 0 aromatic heterocycles. The minimum atomic E-state index is -3.99. The highest BCUT2D eigenvalue weighted by Gasteiger charge is 2.12. The summed E-state index contributed by atoms with van der Waals surface area (Å²) < 4.78 is 29.9. The largest absolute Gasteiger partial charge is 0.506 e. The average molecular weight is 288 g/mol. The molecule has 19 heavy (non-hydrogen) atoms. The van der Waals surface area contributed by atoms with Gasteiger partial charge in [0.25, 0.3) is 10.1 Å². The highest BCUT2D eigenvalue weighted by atomic mass is 32.2. The van der Waals surface area contributed by atoms with Crippen molar-refractivity contribution < 1.29 is 18.1 Å². The molecule has 0 amide bonds. The fourth-order valence-electron chi connectivity index (χ4n) is 1.71. The summed E-state index contributed by atoms with van der Waals surface area (Å²) in [5, 5.41) is 12.5. The van der Waals surface area contributed by atoms with Crippen molar-refractivity contribution in [2.75, 3.05) is 23.7 Å². The third-order valence-corrected chi connectivity index (χ3v) is 3.42. The van der Waals surface area contributed by atoms with Crippen LogP contribution in [0.15, 0.2) is 23.4 Å². The molecule has 0 heterocycles. The number of hydrogen-bond acceptors (Lipinski definition) is 6. The van der Waals surface area contributed by atoms with Gasteiger partial charge in [-0.1, -0.05) is 0 Å². The Morgan fingerprint density at radius 3 is 2.58 bits per heavy atom. The Labute approximate surface area is 111 Å². The van der Waals surface area contributed by atoms with E-state index in [1.165, 1.54) is 18.2 Å². The lowest BCUT2D eigenvalue weighted by Gasteiger charge is -2.23. The van der Waals surface area contributed by atoms with Gasteiger partial charge in [0.2, 0.25) is 0 Å². The summed E-state index contributed by atoms with van der Waals surface area (Å²) in [5.41, 5.74) is 0.593. The molecule has 0 bridgehead atoms. The molecule has 1 rings (SSSR count). The van der Waals surface area contributed by atoms with Gasteiger partial charge in [0.05, 0.1) is 11.4 Å². The predicted molar refractivity (Wildman–Crippen MR) is 72.5 cm³/mol. The van der Waals surface area contributed by atoms with Crippen molar-refractivity contribution in [3.8, 4) is 5.75 Å². The minimum absolute atomic E-state index is 0.0129. The van der Waals surface area contributed by atoms with Gasteiger partial charge in [-0.25, -0.2) is 0 Å². The molecule has 0 atom stereocenters. The zero-order valence-electron chi connectivity index (χ0n) is 10.5. The molecule has 1 aromatic rings. The van der Waals surface area contributed by atoms with Crippen LogP contribution in [0.3, 0.4) is 0 Å². The summed E-state index contributed by atoms with van der Waals surface area (Å²) in [4.78, 5) is 12.2. The molecule has 7 nitrogen and oxygen atoms in total. The van der Waals surface area contributed by atoms with E-state index in [0.29, 0.717) is 18.8 Å².